The summed E-state index contributed by atoms with van der Waals surface area (Å²) in [5.41, 5.74) is 1.99. The van der Waals surface area contributed by atoms with Gasteiger partial charge in [-0.15, -0.1) is 0 Å². The minimum atomic E-state index is -0.172. The molecule has 0 bridgehead atoms. The van der Waals surface area contributed by atoms with E-state index in [0.717, 1.165) is 30.7 Å². The van der Waals surface area contributed by atoms with Crippen molar-refractivity contribution in [3.63, 3.8) is 0 Å². The van der Waals surface area contributed by atoms with Crippen molar-refractivity contribution in [2.45, 2.75) is 58.7 Å². The van der Waals surface area contributed by atoms with E-state index >= 15 is 0 Å². The summed E-state index contributed by atoms with van der Waals surface area (Å²) in [6, 6.07) is 0.181. The van der Waals surface area contributed by atoms with Crippen molar-refractivity contribution in [2.75, 3.05) is 0 Å². The van der Waals surface area contributed by atoms with Crippen LogP contribution in [0.15, 0.2) is 6.33 Å². The molecule has 106 valence electrons. The zero-order valence-electron chi connectivity index (χ0n) is 11.9. The van der Waals surface area contributed by atoms with Gasteiger partial charge in [0.15, 0.2) is 0 Å². The van der Waals surface area contributed by atoms with Gasteiger partial charge in [-0.25, -0.2) is 4.98 Å². The topological polar surface area (TPSA) is 67.2 Å². The van der Waals surface area contributed by atoms with Crippen molar-refractivity contribution >= 4 is 5.91 Å². The molecular weight excluding hydrogens is 242 g/mol. The number of imidazole rings is 1. The number of nitrogens with zero attached hydrogens (tertiary/aromatic N) is 2. The van der Waals surface area contributed by atoms with Gasteiger partial charge in [0.1, 0.15) is 6.54 Å². The first-order valence-corrected chi connectivity index (χ1v) is 6.97. The number of carbonyl (C=O) groups excluding carboxylic acids is 1. The lowest BCUT2D eigenvalue weighted by atomic mass is 9.76. The number of aromatic nitrogens is 2. The third kappa shape index (κ3) is 3.15. The fourth-order valence-electron chi connectivity index (χ4n) is 2.62. The Morgan fingerprint density at radius 3 is 2.74 bits per heavy atom. The van der Waals surface area contributed by atoms with Crippen LogP contribution < -0.4 is 5.32 Å². The Kier molecular flexibility index (Phi) is 4.24. The summed E-state index contributed by atoms with van der Waals surface area (Å²) in [4.78, 5) is 16.2. The molecule has 5 nitrogen and oxygen atoms in total. The average molecular weight is 265 g/mol. The highest BCUT2D eigenvalue weighted by molar-refractivity contribution is 5.76. The molecule has 0 radical (unpaired) electrons. The summed E-state index contributed by atoms with van der Waals surface area (Å²) in [6.45, 7) is 6.30. The van der Waals surface area contributed by atoms with E-state index in [9.17, 15) is 9.90 Å². The molecule has 1 atom stereocenters. The molecule has 5 heteroatoms. The van der Waals surface area contributed by atoms with Gasteiger partial charge >= 0.3 is 0 Å². The average Bonchev–Trinajstić information content (AvgIpc) is 2.64. The molecule has 0 aliphatic heterocycles. The van der Waals surface area contributed by atoms with Gasteiger partial charge < -0.3 is 15.0 Å². The van der Waals surface area contributed by atoms with E-state index in [1.54, 1.807) is 6.33 Å². The van der Waals surface area contributed by atoms with Crippen LogP contribution in [-0.2, 0) is 11.3 Å². The zero-order valence-corrected chi connectivity index (χ0v) is 11.9. The first kappa shape index (κ1) is 14.1. The van der Waals surface area contributed by atoms with Crippen LogP contribution in [0, 0.1) is 19.8 Å². The molecule has 1 heterocycles. The molecule has 0 aromatic carbocycles. The number of amides is 1. The molecule has 0 spiro atoms. The second-order valence-corrected chi connectivity index (χ2v) is 5.51. The number of nitrogens with one attached hydrogen (secondary N) is 1. The lowest BCUT2D eigenvalue weighted by Gasteiger charge is -2.37. The van der Waals surface area contributed by atoms with Gasteiger partial charge in [-0.1, -0.05) is 6.92 Å². The molecule has 0 saturated heterocycles. The summed E-state index contributed by atoms with van der Waals surface area (Å²) >= 11 is 0. The number of hydrogen-bond donors (Lipinski definition) is 2. The molecule has 19 heavy (non-hydrogen) atoms. The second kappa shape index (κ2) is 5.74. The van der Waals surface area contributed by atoms with Gasteiger partial charge in [0, 0.05) is 11.7 Å². The van der Waals surface area contributed by atoms with Crippen molar-refractivity contribution in [3.05, 3.63) is 17.7 Å². The minimum Gasteiger partial charge on any atom is -0.393 e. The molecule has 1 saturated carbocycles. The number of aliphatic hydroxyl groups is 1. The van der Waals surface area contributed by atoms with Crippen molar-refractivity contribution in [3.8, 4) is 0 Å². The maximum Gasteiger partial charge on any atom is 0.240 e. The fourth-order valence-corrected chi connectivity index (χ4v) is 2.62. The number of hydrogen-bond acceptors (Lipinski definition) is 3. The van der Waals surface area contributed by atoms with Gasteiger partial charge in [-0.3, -0.25) is 4.79 Å². The molecule has 1 aliphatic rings. The lowest BCUT2D eigenvalue weighted by molar-refractivity contribution is -0.123. The van der Waals surface area contributed by atoms with Crippen LogP contribution in [0.5, 0.6) is 0 Å². The minimum absolute atomic E-state index is 0.0220. The first-order valence-electron chi connectivity index (χ1n) is 6.97. The van der Waals surface area contributed by atoms with E-state index in [1.807, 2.05) is 18.4 Å². The quantitative estimate of drug-likeness (QED) is 0.839. The number of carbonyl (C=O) groups is 1. The normalized spacial score (nSPS) is 23.8. The van der Waals surface area contributed by atoms with Gasteiger partial charge in [-0.05, 0) is 39.0 Å². The Morgan fingerprint density at radius 1 is 1.58 bits per heavy atom. The third-order valence-corrected chi connectivity index (χ3v) is 4.16. The Labute approximate surface area is 114 Å². The summed E-state index contributed by atoms with van der Waals surface area (Å²) in [5, 5.41) is 12.4. The van der Waals surface area contributed by atoms with Crippen LogP contribution in [-0.4, -0.2) is 32.7 Å². The Morgan fingerprint density at radius 2 is 2.26 bits per heavy atom. The van der Waals surface area contributed by atoms with Crippen LogP contribution in [0.3, 0.4) is 0 Å². The highest BCUT2D eigenvalue weighted by Gasteiger charge is 2.33. The molecular formula is C14H23N3O2. The van der Waals surface area contributed by atoms with Crippen molar-refractivity contribution in [2.24, 2.45) is 5.92 Å². The standard InChI is InChI=1S/C14H23N3O2/c1-4-13(11-5-12(18)6-11)16-14(19)7-17-8-15-9(2)10(17)3/h8,11-13,18H,4-7H2,1-3H3,(H,16,19). The SMILES string of the molecule is CCC(NC(=O)Cn1cnc(C)c1C)C1CC(O)C1. The summed E-state index contributed by atoms with van der Waals surface area (Å²) < 4.78 is 1.87. The van der Waals surface area contributed by atoms with E-state index in [4.69, 9.17) is 0 Å². The molecule has 1 fully saturated rings. The Hall–Kier alpha value is -1.36. The van der Waals surface area contributed by atoms with Crippen LogP contribution in [0.25, 0.3) is 0 Å². The second-order valence-electron chi connectivity index (χ2n) is 5.51. The molecule has 1 amide bonds. The summed E-state index contributed by atoms with van der Waals surface area (Å²) in [6.07, 6.45) is 4.06. The molecule has 1 aliphatic carbocycles. The Balaban J connectivity index is 1.88. The van der Waals surface area contributed by atoms with E-state index < -0.39 is 0 Å². The molecule has 2 N–H and O–H groups in total. The number of aliphatic hydroxyl groups excluding tert-OH is 1. The summed E-state index contributed by atoms with van der Waals surface area (Å²) in [7, 11) is 0. The third-order valence-electron chi connectivity index (χ3n) is 4.16. The van der Waals surface area contributed by atoms with Crippen LogP contribution in [0.1, 0.15) is 37.6 Å². The van der Waals surface area contributed by atoms with Gasteiger partial charge in [0.25, 0.3) is 0 Å². The van der Waals surface area contributed by atoms with Crippen molar-refractivity contribution in [1.82, 2.24) is 14.9 Å². The van der Waals surface area contributed by atoms with Gasteiger partial charge in [-0.2, -0.15) is 0 Å². The monoisotopic (exact) mass is 265 g/mol. The first-order chi connectivity index (χ1) is 9.01. The maximum absolute atomic E-state index is 12.0. The predicted octanol–water partition coefficient (Wildman–Crippen LogP) is 1.17. The fraction of sp³-hybridized carbons (Fsp3) is 0.714. The van der Waals surface area contributed by atoms with E-state index in [1.165, 1.54) is 0 Å². The Bertz CT molecular complexity index is 450. The highest BCUT2D eigenvalue weighted by atomic mass is 16.3. The van der Waals surface area contributed by atoms with Crippen molar-refractivity contribution in [1.29, 1.82) is 0 Å². The lowest BCUT2D eigenvalue weighted by Crippen LogP contribution is -2.47. The van der Waals surface area contributed by atoms with E-state index in [-0.39, 0.29) is 18.1 Å². The van der Waals surface area contributed by atoms with Crippen molar-refractivity contribution < 1.29 is 9.90 Å². The zero-order chi connectivity index (χ0) is 14.0. The van der Waals surface area contributed by atoms with Crippen LogP contribution in [0.2, 0.25) is 0 Å². The number of aryl methyl sites for hydroxylation is 1. The van der Waals surface area contributed by atoms with Crippen LogP contribution >= 0.6 is 0 Å². The predicted molar refractivity (Wildman–Crippen MR) is 72.7 cm³/mol. The van der Waals surface area contributed by atoms with Gasteiger partial charge in [0.05, 0.1) is 18.1 Å². The molecule has 1 aromatic rings. The largest absolute Gasteiger partial charge is 0.393 e. The van der Waals surface area contributed by atoms with E-state index in [2.05, 4.69) is 17.2 Å². The highest BCUT2D eigenvalue weighted by Crippen LogP contribution is 2.31. The van der Waals surface area contributed by atoms with Crippen LogP contribution in [0.4, 0.5) is 0 Å². The summed E-state index contributed by atoms with van der Waals surface area (Å²) in [5.74, 6) is 0.448. The number of rotatable bonds is 5. The molecule has 2 rings (SSSR count). The van der Waals surface area contributed by atoms with E-state index in [0.29, 0.717) is 12.5 Å². The smallest absolute Gasteiger partial charge is 0.240 e. The van der Waals surface area contributed by atoms with Gasteiger partial charge in [0.2, 0.25) is 5.91 Å². The molecule has 1 aromatic heterocycles. The maximum atomic E-state index is 12.0. The molecule has 1 unspecified atom stereocenters.